The summed E-state index contributed by atoms with van der Waals surface area (Å²) in [6.07, 6.45) is 5.87. The number of fused-ring (bicyclic) bond motifs is 1. The fraction of sp³-hybridized carbons (Fsp3) is 0.500. The minimum absolute atomic E-state index is 0.809. The Bertz CT molecular complexity index is 341. The van der Waals surface area contributed by atoms with Crippen LogP contribution in [0.4, 0.5) is 0 Å². The van der Waals surface area contributed by atoms with Crippen LogP contribution in [0.2, 0.25) is 0 Å². The smallest absolute Gasteiger partial charge is 0.103 e. The highest BCUT2D eigenvalue weighted by Gasteiger charge is 2.26. The maximum atomic E-state index is 5.35. The maximum Gasteiger partial charge on any atom is 0.103 e. The van der Waals surface area contributed by atoms with Gasteiger partial charge in [0.05, 0.1) is 18.9 Å². The fourth-order valence-corrected chi connectivity index (χ4v) is 2.03. The quantitative estimate of drug-likeness (QED) is 0.650. The Morgan fingerprint density at radius 1 is 1.33 bits per heavy atom. The Hall–Kier alpha value is -1.33. The first-order valence-corrected chi connectivity index (χ1v) is 5.23. The average molecular weight is 206 g/mol. The number of hydrogen-bond donors (Lipinski definition) is 1. The second-order valence-corrected chi connectivity index (χ2v) is 3.69. The second kappa shape index (κ2) is 3.67. The molecule has 1 N–H and O–H groups in total. The lowest BCUT2D eigenvalue weighted by Crippen LogP contribution is -2.52. The Kier molecular flexibility index (Phi) is 2.19. The van der Waals surface area contributed by atoms with Crippen LogP contribution in [-0.2, 0) is 4.74 Å². The lowest BCUT2D eigenvalue weighted by Gasteiger charge is -2.40. The molecular formula is C10H14N4O. The van der Waals surface area contributed by atoms with Gasteiger partial charge in [0, 0.05) is 25.5 Å². The molecule has 1 fully saturated rings. The molecule has 0 aromatic rings. The van der Waals surface area contributed by atoms with E-state index >= 15 is 0 Å². The molecule has 5 heteroatoms. The third-order valence-corrected chi connectivity index (χ3v) is 2.80. The molecular weight excluding hydrogens is 192 g/mol. The van der Waals surface area contributed by atoms with Crippen LogP contribution in [0.15, 0.2) is 28.7 Å². The molecule has 0 aliphatic carbocycles. The van der Waals surface area contributed by atoms with Crippen molar-refractivity contribution >= 4 is 6.21 Å². The van der Waals surface area contributed by atoms with Crippen molar-refractivity contribution in [2.24, 2.45) is 4.99 Å². The van der Waals surface area contributed by atoms with Crippen LogP contribution < -0.4 is 5.32 Å². The number of aliphatic imine (C=N–C) groups is 1. The normalized spacial score (nSPS) is 25.7. The van der Waals surface area contributed by atoms with Gasteiger partial charge >= 0.3 is 0 Å². The molecule has 80 valence electrons. The predicted molar refractivity (Wildman–Crippen MR) is 56.9 cm³/mol. The van der Waals surface area contributed by atoms with Crippen LogP contribution >= 0.6 is 0 Å². The average Bonchev–Trinajstić information content (AvgIpc) is 2.78. The molecule has 3 aliphatic heterocycles. The summed E-state index contributed by atoms with van der Waals surface area (Å²) in [5.74, 6) is 0. The molecule has 3 rings (SSSR count). The first kappa shape index (κ1) is 8.94. The summed E-state index contributed by atoms with van der Waals surface area (Å²) in [6.45, 7) is 4.34. The number of rotatable bonds is 1. The Labute approximate surface area is 88.7 Å². The molecule has 0 aromatic heterocycles. The van der Waals surface area contributed by atoms with Crippen LogP contribution in [0, 0.1) is 0 Å². The van der Waals surface area contributed by atoms with Gasteiger partial charge in [-0.25, -0.2) is 5.01 Å². The molecule has 0 atom stereocenters. The van der Waals surface area contributed by atoms with E-state index in [1.807, 2.05) is 12.4 Å². The highest BCUT2D eigenvalue weighted by atomic mass is 16.5. The first-order chi connectivity index (χ1) is 7.45. The van der Waals surface area contributed by atoms with Gasteiger partial charge in [-0.3, -0.25) is 10.0 Å². The first-order valence-electron chi connectivity index (χ1n) is 5.23. The summed E-state index contributed by atoms with van der Waals surface area (Å²) >= 11 is 0. The summed E-state index contributed by atoms with van der Waals surface area (Å²) in [7, 11) is 0. The van der Waals surface area contributed by atoms with Gasteiger partial charge < -0.3 is 10.1 Å². The van der Waals surface area contributed by atoms with E-state index in [0.717, 1.165) is 38.7 Å². The van der Waals surface area contributed by atoms with E-state index in [1.165, 1.54) is 5.70 Å². The standard InChI is InChI=1S/C10H14N4O/c1-2-12-9-7-11-8-14(10(1)9)13-3-5-15-6-4-13/h1-2,7,11H,3-6,8H2. The topological polar surface area (TPSA) is 40.1 Å². The van der Waals surface area contributed by atoms with E-state index in [2.05, 4.69) is 26.4 Å². The summed E-state index contributed by atoms with van der Waals surface area (Å²) in [5.41, 5.74) is 2.21. The van der Waals surface area contributed by atoms with E-state index in [1.54, 1.807) is 0 Å². The summed E-state index contributed by atoms with van der Waals surface area (Å²) in [6, 6.07) is 0. The number of hydrogen-bond acceptors (Lipinski definition) is 5. The molecule has 0 spiro atoms. The van der Waals surface area contributed by atoms with E-state index in [0.29, 0.717) is 0 Å². The molecule has 5 nitrogen and oxygen atoms in total. The van der Waals surface area contributed by atoms with E-state index in [4.69, 9.17) is 4.74 Å². The molecule has 0 unspecified atom stereocenters. The van der Waals surface area contributed by atoms with Crippen LogP contribution in [-0.4, -0.2) is 49.2 Å². The zero-order chi connectivity index (χ0) is 10.1. The molecule has 0 aromatic carbocycles. The number of morpholine rings is 1. The Balaban J connectivity index is 1.79. The minimum atomic E-state index is 0.809. The zero-order valence-electron chi connectivity index (χ0n) is 8.52. The molecule has 3 aliphatic rings. The van der Waals surface area contributed by atoms with Gasteiger partial charge in [-0.15, -0.1) is 0 Å². The number of ether oxygens (including phenoxy) is 1. The summed E-state index contributed by atoms with van der Waals surface area (Å²) in [4.78, 5) is 4.28. The summed E-state index contributed by atoms with van der Waals surface area (Å²) in [5, 5.41) is 7.78. The molecule has 0 radical (unpaired) electrons. The van der Waals surface area contributed by atoms with Crippen molar-refractivity contribution < 1.29 is 4.74 Å². The Morgan fingerprint density at radius 2 is 2.20 bits per heavy atom. The van der Waals surface area contributed by atoms with Crippen molar-refractivity contribution in [2.75, 3.05) is 33.0 Å². The second-order valence-electron chi connectivity index (χ2n) is 3.69. The van der Waals surface area contributed by atoms with Crippen molar-refractivity contribution in [1.82, 2.24) is 15.3 Å². The molecule has 15 heavy (non-hydrogen) atoms. The van der Waals surface area contributed by atoms with Crippen LogP contribution in [0.3, 0.4) is 0 Å². The van der Waals surface area contributed by atoms with Gasteiger partial charge in [-0.05, 0) is 6.08 Å². The molecule has 1 saturated heterocycles. The third-order valence-electron chi connectivity index (χ3n) is 2.80. The molecule has 0 bridgehead atoms. The number of nitrogens with zero attached hydrogens (tertiary/aromatic N) is 3. The van der Waals surface area contributed by atoms with Crippen LogP contribution in [0.25, 0.3) is 0 Å². The third kappa shape index (κ3) is 1.53. The predicted octanol–water partition coefficient (Wildman–Crippen LogP) is -0.0940. The lowest BCUT2D eigenvalue weighted by atomic mass is 10.3. The highest BCUT2D eigenvalue weighted by molar-refractivity contribution is 5.79. The monoisotopic (exact) mass is 206 g/mol. The SMILES string of the molecule is C1=NC2=CNCN(N3CCOCC3)C2=C1. The number of hydrazine groups is 1. The van der Waals surface area contributed by atoms with Crippen molar-refractivity contribution in [3.63, 3.8) is 0 Å². The number of nitrogens with one attached hydrogen (secondary N) is 1. The summed E-state index contributed by atoms with van der Waals surface area (Å²) < 4.78 is 5.35. The van der Waals surface area contributed by atoms with Gasteiger partial charge in [0.2, 0.25) is 0 Å². The van der Waals surface area contributed by atoms with Crippen molar-refractivity contribution in [3.8, 4) is 0 Å². The van der Waals surface area contributed by atoms with Gasteiger partial charge in [0.15, 0.2) is 0 Å². The molecule has 0 saturated carbocycles. The lowest BCUT2D eigenvalue weighted by molar-refractivity contribution is -0.0723. The van der Waals surface area contributed by atoms with Gasteiger partial charge in [-0.1, -0.05) is 0 Å². The van der Waals surface area contributed by atoms with Crippen molar-refractivity contribution in [3.05, 3.63) is 23.7 Å². The maximum absolute atomic E-state index is 5.35. The van der Waals surface area contributed by atoms with Crippen molar-refractivity contribution in [1.29, 1.82) is 0 Å². The fourth-order valence-electron chi connectivity index (χ4n) is 2.03. The van der Waals surface area contributed by atoms with Gasteiger partial charge in [0.25, 0.3) is 0 Å². The van der Waals surface area contributed by atoms with E-state index < -0.39 is 0 Å². The van der Waals surface area contributed by atoms with E-state index in [-0.39, 0.29) is 0 Å². The molecule has 0 amide bonds. The van der Waals surface area contributed by atoms with Gasteiger partial charge in [-0.2, -0.15) is 0 Å². The van der Waals surface area contributed by atoms with Gasteiger partial charge in [0.1, 0.15) is 12.4 Å². The van der Waals surface area contributed by atoms with E-state index in [9.17, 15) is 0 Å². The minimum Gasteiger partial charge on any atom is -0.379 e. The zero-order valence-corrected chi connectivity index (χ0v) is 8.52. The van der Waals surface area contributed by atoms with Crippen LogP contribution in [0.5, 0.6) is 0 Å². The molecule has 3 heterocycles. The largest absolute Gasteiger partial charge is 0.379 e. The Morgan fingerprint density at radius 3 is 3.07 bits per heavy atom. The highest BCUT2D eigenvalue weighted by Crippen LogP contribution is 2.24. The number of allylic oxidation sites excluding steroid dienone is 1. The van der Waals surface area contributed by atoms with Crippen molar-refractivity contribution in [2.45, 2.75) is 0 Å². The van der Waals surface area contributed by atoms with Crippen LogP contribution in [0.1, 0.15) is 0 Å².